The summed E-state index contributed by atoms with van der Waals surface area (Å²) in [4.78, 5) is 4.15. The second-order valence-electron chi connectivity index (χ2n) is 6.04. The Hall–Kier alpha value is -3.89. The second-order valence-corrected chi connectivity index (χ2v) is 6.04. The molecule has 0 aliphatic heterocycles. The fourth-order valence-corrected chi connectivity index (χ4v) is 2.88. The molecule has 0 unspecified atom stereocenters. The van der Waals surface area contributed by atoms with Crippen LogP contribution in [0.2, 0.25) is 0 Å². The molecule has 0 bridgehead atoms. The van der Waals surface area contributed by atoms with E-state index < -0.39 is 6.67 Å². The molecule has 0 aliphatic carbocycles. The molecule has 4 heterocycles. The van der Waals surface area contributed by atoms with Crippen LogP contribution in [-0.4, -0.2) is 39.7 Å². The van der Waals surface area contributed by atoms with Crippen LogP contribution in [0.5, 0.6) is 5.88 Å². The summed E-state index contributed by atoms with van der Waals surface area (Å²) >= 11 is 0. The van der Waals surface area contributed by atoms with E-state index >= 15 is 0 Å². The molecule has 10 nitrogen and oxygen atoms in total. The van der Waals surface area contributed by atoms with Gasteiger partial charge in [0.2, 0.25) is 11.7 Å². The highest BCUT2D eigenvalue weighted by Gasteiger charge is 2.19. The first kappa shape index (κ1) is 16.3. The Bertz CT molecular complexity index is 1290. The Morgan fingerprint density at radius 2 is 2.00 bits per heavy atom. The van der Waals surface area contributed by atoms with Gasteiger partial charge in [-0.05, 0) is 6.07 Å². The predicted octanol–water partition coefficient (Wildman–Crippen LogP) is 2.11. The van der Waals surface area contributed by atoms with Crippen LogP contribution in [0.1, 0.15) is 11.6 Å². The zero-order chi connectivity index (χ0) is 19.1. The molecule has 1 aromatic carbocycles. The number of hydrogen-bond donors (Lipinski definition) is 0. The number of rotatable bonds is 5. The van der Waals surface area contributed by atoms with E-state index in [1.54, 1.807) is 18.1 Å². The number of aryl methyl sites for hydroxylation is 1. The van der Waals surface area contributed by atoms with Crippen LogP contribution in [0.3, 0.4) is 0 Å². The van der Waals surface area contributed by atoms with Gasteiger partial charge in [0.15, 0.2) is 29.5 Å². The zero-order valence-electron chi connectivity index (χ0n) is 14.7. The lowest BCUT2D eigenvalue weighted by atomic mass is 10.2. The summed E-state index contributed by atoms with van der Waals surface area (Å²) in [7, 11) is 1.78. The maximum absolute atomic E-state index is 12.8. The van der Waals surface area contributed by atoms with Gasteiger partial charge in [0.25, 0.3) is 0 Å². The largest absolute Gasteiger partial charge is 0.468 e. The summed E-state index contributed by atoms with van der Waals surface area (Å²) in [5, 5.41) is 22.5. The third-order valence-electron chi connectivity index (χ3n) is 4.13. The highest BCUT2D eigenvalue weighted by Crippen LogP contribution is 2.29. The molecule has 0 spiro atoms. The van der Waals surface area contributed by atoms with Crippen LogP contribution in [-0.2, 0) is 20.3 Å². The van der Waals surface area contributed by atoms with E-state index in [4.69, 9.17) is 9.26 Å². The zero-order valence-corrected chi connectivity index (χ0v) is 14.7. The van der Waals surface area contributed by atoms with Crippen molar-refractivity contribution < 1.29 is 13.7 Å². The van der Waals surface area contributed by atoms with E-state index in [1.807, 2.05) is 24.3 Å². The topological polar surface area (TPSA) is 109 Å². The first-order valence-electron chi connectivity index (χ1n) is 8.36. The lowest BCUT2D eigenvalue weighted by molar-refractivity contribution is 0.283. The number of ether oxygens (including phenoxy) is 1. The van der Waals surface area contributed by atoms with Gasteiger partial charge >= 0.3 is 0 Å². The van der Waals surface area contributed by atoms with Gasteiger partial charge in [0.05, 0.1) is 0 Å². The number of alkyl halides is 1. The summed E-state index contributed by atoms with van der Waals surface area (Å²) in [6.45, 7) is -0.609. The van der Waals surface area contributed by atoms with Crippen molar-refractivity contribution in [3.63, 3.8) is 0 Å². The van der Waals surface area contributed by atoms with E-state index in [-0.39, 0.29) is 12.4 Å². The van der Waals surface area contributed by atoms with Crippen molar-refractivity contribution in [1.29, 1.82) is 0 Å². The third kappa shape index (κ3) is 2.64. The van der Waals surface area contributed by atoms with Crippen molar-refractivity contribution in [1.82, 2.24) is 39.7 Å². The summed E-state index contributed by atoms with van der Waals surface area (Å²) < 4.78 is 26.7. The molecule has 4 aromatic heterocycles. The van der Waals surface area contributed by atoms with Crippen molar-refractivity contribution >= 4 is 16.4 Å². The standard InChI is InChI=1S/C17H13FN8O2/c1-25-9-19-14(22-25)8-27-17-12-5-3-2-4-11(12)15-20-21-16(26(15)23-17)13-6-10(7-18)28-24-13/h2-6,9H,7-8H2,1H3. The summed E-state index contributed by atoms with van der Waals surface area (Å²) in [6, 6.07) is 9.01. The van der Waals surface area contributed by atoms with Crippen LogP contribution in [0.15, 0.2) is 41.2 Å². The minimum Gasteiger partial charge on any atom is -0.468 e. The van der Waals surface area contributed by atoms with Crippen LogP contribution >= 0.6 is 0 Å². The fourth-order valence-electron chi connectivity index (χ4n) is 2.88. The minimum absolute atomic E-state index is 0.102. The van der Waals surface area contributed by atoms with Crippen LogP contribution < -0.4 is 4.74 Å². The molecule has 11 heteroatoms. The van der Waals surface area contributed by atoms with E-state index in [9.17, 15) is 4.39 Å². The molecule has 5 aromatic rings. The molecule has 5 rings (SSSR count). The van der Waals surface area contributed by atoms with Crippen molar-refractivity contribution in [2.24, 2.45) is 7.05 Å². The highest BCUT2D eigenvalue weighted by atomic mass is 19.1. The smallest absolute Gasteiger partial charge is 0.240 e. The van der Waals surface area contributed by atoms with Crippen molar-refractivity contribution in [2.75, 3.05) is 0 Å². The molecule has 0 fully saturated rings. The maximum atomic E-state index is 12.8. The van der Waals surface area contributed by atoms with E-state index in [0.717, 1.165) is 10.8 Å². The van der Waals surface area contributed by atoms with Crippen molar-refractivity contribution in [2.45, 2.75) is 13.3 Å². The van der Waals surface area contributed by atoms with Gasteiger partial charge in [-0.25, -0.2) is 9.37 Å². The van der Waals surface area contributed by atoms with Gasteiger partial charge in [0, 0.05) is 23.9 Å². The Morgan fingerprint density at radius 3 is 2.75 bits per heavy atom. The van der Waals surface area contributed by atoms with Gasteiger partial charge < -0.3 is 9.26 Å². The van der Waals surface area contributed by atoms with Gasteiger partial charge in [-0.1, -0.05) is 23.4 Å². The SMILES string of the molecule is Cn1cnc(COc2nn3c(-c4cc(CF)on4)nnc3c3ccccc23)n1. The Labute approximate surface area is 156 Å². The van der Waals surface area contributed by atoms with Crippen molar-refractivity contribution in [3.05, 3.63) is 48.2 Å². The minimum atomic E-state index is -0.758. The van der Waals surface area contributed by atoms with Gasteiger partial charge in [-0.3, -0.25) is 4.68 Å². The van der Waals surface area contributed by atoms with E-state index in [2.05, 4.69) is 30.5 Å². The monoisotopic (exact) mass is 380 g/mol. The summed E-state index contributed by atoms with van der Waals surface area (Å²) in [5.41, 5.74) is 0.860. The summed E-state index contributed by atoms with van der Waals surface area (Å²) in [6.07, 6.45) is 1.60. The van der Waals surface area contributed by atoms with Gasteiger partial charge in [-0.15, -0.1) is 15.3 Å². The molecule has 0 atom stereocenters. The Balaban J connectivity index is 1.64. The molecule has 0 aliphatic rings. The fraction of sp³-hybridized carbons (Fsp3) is 0.176. The van der Waals surface area contributed by atoms with Crippen LogP contribution in [0, 0.1) is 0 Å². The number of fused-ring (bicyclic) bond motifs is 3. The maximum Gasteiger partial charge on any atom is 0.240 e. The second kappa shape index (κ2) is 6.37. The molecule has 28 heavy (non-hydrogen) atoms. The van der Waals surface area contributed by atoms with Crippen LogP contribution in [0.25, 0.3) is 27.9 Å². The van der Waals surface area contributed by atoms with Gasteiger partial charge in [0.1, 0.15) is 13.0 Å². The number of hydrogen-bond acceptors (Lipinski definition) is 8. The molecule has 0 saturated heterocycles. The lowest BCUT2D eigenvalue weighted by Gasteiger charge is -2.08. The van der Waals surface area contributed by atoms with Crippen molar-refractivity contribution in [3.8, 4) is 17.4 Å². The molecule has 0 amide bonds. The molecular weight excluding hydrogens is 367 g/mol. The predicted molar refractivity (Wildman–Crippen MR) is 93.9 cm³/mol. The number of aromatic nitrogens is 8. The van der Waals surface area contributed by atoms with Crippen LogP contribution in [0.4, 0.5) is 4.39 Å². The first-order chi connectivity index (χ1) is 13.7. The Kier molecular flexibility index (Phi) is 3.71. The average Bonchev–Trinajstić information content (AvgIpc) is 3.45. The van der Waals surface area contributed by atoms with E-state index in [0.29, 0.717) is 28.9 Å². The number of halogens is 1. The molecule has 140 valence electrons. The van der Waals surface area contributed by atoms with Gasteiger partial charge in [-0.2, -0.15) is 9.61 Å². The molecular formula is C17H13FN8O2. The molecule has 0 N–H and O–H groups in total. The number of nitrogens with zero attached hydrogens (tertiary/aromatic N) is 8. The summed E-state index contributed by atoms with van der Waals surface area (Å²) in [5.74, 6) is 1.32. The highest BCUT2D eigenvalue weighted by molar-refractivity contribution is 5.96. The molecule has 0 radical (unpaired) electrons. The quantitative estimate of drug-likeness (QED) is 0.456. The van der Waals surface area contributed by atoms with E-state index in [1.165, 1.54) is 10.6 Å². The third-order valence-corrected chi connectivity index (χ3v) is 4.13. The Morgan fingerprint density at radius 1 is 1.14 bits per heavy atom. The molecule has 0 saturated carbocycles. The number of benzene rings is 1. The normalized spacial score (nSPS) is 11.5. The average molecular weight is 380 g/mol. The lowest BCUT2D eigenvalue weighted by Crippen LogP contribution is -2.04. The first-order valence-corrected chi connectivity index (χ1v) is 8.36.